The third kappa shape index (κ3) is 3.08. The SMILES string of the molecule is CCC(NC(=O)N1CCOCC1C(=O)O)c1ncc[nH]1. The van der Waals surface area contributed by atoms with Gasteiger partial charge in [-0.25, -0.2) is 14.6 Å². The third-order valence-electron chi connectivity index (χ3n) is 3.23. The second kappa shape index (κ2) is 6.38. The van der Waals surface area contributed by atoms with Crippen molar-refractivity contribution in [3.8, 4) is 0 Å². The molecular weight excluding hydrogens is 264 g/mol. The Morgan fingerprint density at radius 3 is 3.10 bits per heavy atom. The van der Waals surface area contributed by atoms with Gasteiger partial charge in [0.25, 0.3) is 0 Å². The number of H-pyrrole nitrogens is 1. The molecule has 1 fully saturated rings. The van der Waals surface area contributed by atoms with Gasteiger partial charge in [0.05, 0.1) is 19.3 Å². The van der Waals surface area contributed by atoms with Crippen LogP contribution in [-0.4, -0.2) is 57.8 Å². The molecule has 0 aromatic carbocycles. The van der Waals surface area contributed by atoms with Gasteiger partial charge in [0.2, 0.25) is 0 Å². The van der Waals surface area contributed by atoms with Crippen molar-refractivity contribution in [2.45, 2.75) is 25.4 Å². The number of nitrogens with one attached hydrogen (secondary N) is 2. The predicted molar refractivity (Wildman–Crippen MR) is 69.1 cm³/mol. The lowest BCUT2D eigenvalue weighted by molar-refractivity contribution is -0.147. The van der Waals surface area contributed by atoms with Crippen LogP contribution in [0.25, 0.3) is 0 Å². The summed E-state index contributed by atoms with van der Waals surface area (Å²) < 4.78 is 5.11. The molecule has 0 aliphatic carbocycles. The maximum atomic E-state index is 12.2. The highest BCUT2D eigenvalue weighted by molar-refractivity contribution is 5.83. The van der Waals surface area contributed by atoms with Crippen LogP contribution in [-0.2, 0) is 9.53 Å². The van der Waals surface area contributed by atoms with E-state index in [1.807, 2.05) is 6.92 Å². The maximum Gasteiger partial charge on any atom is 0.328 e. The van der Waals surface area contributed by atoms with Crippen LogP contribution >= 0.6 is 0 Å². The van der Waals surface area contributed by atoms with Crippen molar-refractivity contribution in [2.24, 2.45) is 0 Å². The number of nitrogens with zero attached hydrogens (tertiary/aromatic N) is 2. The van der Waals surface area contributed by atoms with Crippen molar-refractivity contribution in [3.63, 3.8) is 0 Å². The van der Waals surface area contributed by atoms with Gasteiger partial charge in [0.1, 0.15) is 5.82 Å². The van der Waals surface area contributed by atoms with Gasteiger partial charge in [-0.2, -0.15) is 0 Å². The van der Waals surface area contributed by atoms with Crippen LogP contribution in [0.4, 0.5) is 4.79 Å². The molecule has 20 heavy (non-hydrogen) atoms. The van der Waals surface area contributed by atoms with Crippen LogP contribution in [0.3, 0.4) is 0 Å². The quantitative estimate of drug-likeness (QED) is 0.739. The van der Waals surface area contributed by atoms with E-state index in [1.54, 1.807) is 12.4 Å². The minimum atomic E-state index is -1.06. The van der Waals surface area contributed by atoms with Gasteiger partial charge in [-0.05, 0) is 6.42 Å². The van der Waals surface area contributed by atoms with E-state index < -0.39 is 18.0 Å². The minimum absolute atomic E-state index is 0.0142. The third-order valence-corrected chi connectivity index (χ3v) is 3.23. The van der Waals surface area contributed by atoms with E-state index in [1.165, 1.54) is 4.90 Å². The Hall–Kier alpha value is -2.09. The molecule has 110 valence electrons. The van der Waals surface area contributed by atoms with Crippen molar-refractivity contribution in [2.75, 3.05) is 19.8 Å². The summed E-state index contributed by atoms with van der Waals surface area (Å²) in [6.45, 7) is 2.54. The average Bonchev–Trinajstić information content (AvgIpc) is 2.98. The fraction of sp³-hybridized carbons (Fsp3) is 0.583. The molecule has 0 bridgehead atoms. The molecule has 1 aliphatic heterocycles. The predicted octanol–water partition coefficient (Wildman–Crippen LogP) is 0.356. The number of ether oxygens (including phenoxy) is 1. The first-order chi connectivity index (χ1) is 9.63. The molecule has 2 unspecified atom stereocenters. The molecule has 2 atom stereocenters. The largest absolute Gasteiger partial charge is 0.480 e. The van der Waals surface area contributed by atoms with Crippen molar-refractivity contribution >= 4 is 12.0 Å². The number of aliphatic carboxylic acids is 1. The standard InChI is InChI=1S/C12H18N4O4/c1-2-8(10-13-3-4-14-10)15-12(19)16-5-6-20-7-9(16)11(17)18/h3-4,8-9H,2,5-7H2,1H3,(H,13,14)(H,15,19)(H,17,18). The van der Waals surface area contributed by atoms with Crippen LogP contribution in [0.15, 0.2) is 12.4 Å². The fourth-order valence-corrected chi connectivity index (χ4v) is 2.12. The smallest absolute Gasteiger partial charge is 0.328 e. The van der Waals surface area contributed by atoms with Gasteiger partial charge >= 0.3 is 12.0 Å². The van der Waals surface area contributed by atoms with Gasteiger partial charge in [-0.1, -0.05) is 6.92 Å². The number of aromatic amines is 1. The number of imidazole rings is 1. The molecule has 2 amide bonds. The van der Waals surface area contributed by atoms with Gasteiger partial charge in [-0.3, -0.25) is 0 Å². The summed E-state index contributed by atoms with van der Waals surface area (Å²) in [5, 5.41) is 11.9. The lowest BCUT2D eigenvalue weighted by Gasteiger charge is -2.33. The van der Waals surface area contributed by atoms with E-state index in [-0.39, 0.29) is 19.2 Å². The maximum absolute atomic E-state index is 12.2. The van der Waals surface area contributed by atoms with E-state index >= 15 is 0 Å². The number of rotatable bonds is 4. The molecule has 0 radical (unpaired) electrons. The minimum Gasteiger partial charge on any atom is -0.480 e. The molecule has 8 nitrogen and oxygen atoms in total. The molecule has 1 aliphatic rings. The van der Waals surface area contributed by atoms with Crippen molar-refractivity contribution in [3.05, 3.63) is 18.2 Å². The topological polar surface area (TPSA) is 108 Å². The van der Waals surface area contributed by atoms with Crippen LogP contribution in [0.5, 0.6) is 0 Å². The Labute approximate surface area is 116 Å². The first kappa shape index (κ1) is 14.3. The summed E-state index contributed by atoms with van der Waals surface area (Å²) >= 11 is 0. The Balaban J connectivity index is 2.04. The number of carboxylic acids is 1. The summed E-state index contributed by atoms with van der Waals surface area (Å²) in [4.78, 5) is 31.7. The number of carboxylic acid groups (broad SMARTS) is 1. The molecule has 1 aromatic heterocycles. The average molecular weight is 282 g/mol. The summed E-state index contributed by atoms with van der Waals surface area (Å²) in [7, 11) is 0. The van der Waals surface area contributed by atoms with E-state index in [0.717, 1.165) is 0 Å². The second-order valence-corrected chi connectivity index (χ2v) is 4.51. The molecule has 1 saturated heterocycles. The van der Waals surface area contributed by atoms with E-state index in [9.17, 15) is 9.59 Å². The summed E-state index contributed by atoms with van der Waals surface area (Å²) in [6, 6.07) is -1.63. The number of aromatic nitrogens is 2. The highest BCUT2D eigenvalue weighted by Gasteiger charge is 2.33. The molecular formula is C12H18N4O4. The summed E-state index contributed by atoms with van der Waals surface area (Å²) in [5.74, 6) is -0.410. The van der Waals surface area contributed by atoms with Crippen molar-refractivity contribution < 1.29 is 19.4 Å². The Kier molecular flexibility index (Phi) is 4.57. The van der Waals surface area contributed by atoms with Gasteiger partial charge < -0.3 is 25.0 Å². The molecule has 0 spiro atoms. The first-order valence-corrected chi connectivity index (χ1v) is 6.50. The molecule has 3 N–H and O–H groups in total. The molecule has 2 rings (SSSR count). The van der Waals surface area contributed by atoms with Crippen LogP contribution < -0.4 is 5.32 Å². The molecule has 8 heteroatoms. The first-order valence-electron chi connectivity index (χ1n) is 6.50. The zero-order chi connectivity index (χ0) is 14.5. The number of hydrogen-bond acceptors (Lipinski definition) is 4. The van der Waals surface area contributed by atoms with E-state index in [2.05, 4.69) is 15.3 Å². The number of amides is 2. The number of carbonyl (C=O) groups excluding carboxylic acids is 1. The lowest BCUT2D eigenvalue weighted by atomic mass is 10.2. The van der Waals surface area contributed by atoms with Gasteiger partial charge in [0.15, 0.2) is 6.04 Å². The summed E-state index contributed by atoms with van der Waals surface area (Å²) in [6.07, 6.45) is 3.94. The van der Waals surface area contributed by atoms with E-state index in [4.69, 9.17) is 9.84 Å². The Morgan fingerprint density at radius 1 is 1.70 bits per heavy atom. The Morgan fingerprint density at radius 2 is 2.50 bits per heavy atom. The van der Waals surface area contributed by atoms with Crippen molar-refractivity contribution in [1.29, 1.82) is 0 Å². The fourth-order valence-electron chi connectivity index (χ4n) is 2.12. The number of hydrogen-bond donors (Lipinski definition) is 3. The van der Waals surface area contributed by atoms with Crippen LogP contribution in [0.2, 0.25) is 0 Å². The molecule has 1 aromatic rings. The zero-order valence-electron chi connectivity index (χ0n) is 11.2. The Bertz CT molecular complexity index is 462. The second-order valence-electron chi connectivity index (χ2n) is 4.51. The number of urea groups is 1. The van der Waals surface area contributed by atoms with Crippen LogP contribution in [0.1, 0.15) is 25.2 Å². The molecule has 0 saturated carbocycles. The highest BCUT2D eigenvalue weighted by Crippen LogP contribution is 2.14. The van der Waals surface area contributed by atoms with E-state index in [0.29, 0.717) is 18.9 Å². The lowest BCUT2D eigenvalue weighted by Crippen LogP contribution is -2.56. The van der Waals surface area contributed by atoms with Gasteiger partial charge in [-0.15, -0.1) is 0 Å². The normalized spacial score (nSPS) is 20.4. The molecule has 2 heterocycles. The van der Waals surface area contributed by atoms with Crippen LogP contribution in [0, 0.1) is 0 Å². The van der Waals surface area contributed by atoms with Crippen molar-refractivity contribution in [1.82, 2.24) is 20.2 Å². The summed E-state index contributed by atoms with van der Waals surface area (Å²) in [5.41, 5.74) is 0. The highest BCUT2D eigenvalue weighted by atomic mass is 16.5. The van der Waals surface area contributed by atoms with Gasteiger partial charge in [0, 0.05) is 18.9 Å². The monoisotopic (exact) mass is 282 g/mol. The zero-order valence-corrected chi connectivity index (χ0v) is 11.2. The number of morpholine rings is 1. The number of carbonyl (C=O) groups is 2.